The average Bonchev–Trinajstić information content (AvgIpc) is 2.86. The molecule has 3 aromatic carbocycles. The van der Waals surface area contributed by atoms with E-state index in [9.17, 15) is 9.59 Å². The van der Waals surface area contributed by atoms with E-state index in [1.165, 1.54) is 6.07 Å². The zero-order valence-electron chi connectivity index (χ0n) is 19.9. The van der Waals surface area contributed by atoms with Crippen molar-refractivity contribution < 1.29 is 19.1 Å². The number of hydrogen-bond acceptors (Lipinski definition) is 4. The number of benzene rings is 3. The Hall–Kier alpha value is -2.94. The van der Waals surface area contributed by atoms with Gasteiger partial charge in [0.2, 0.25) is 0 Å². The molecule has 3 N–H and O–H groups in total. The molecule has 0 spiro atoms. The van der Waals surface area contributed by atoms with Gasteiger partial charge in [-0.05, 0) is 72.9 Å². The molecule has 0 radical (unpaired) electrons. The van der Waals surface area contributed by atoms with Crippen LogP contribution in [0.2, 0.25) is 10.0 Å². The lowest BCUT2D eigenvalue weighted by Crippen LogP contribution is -2.42. The van der Waals surface area contributed by atoms with Crippen molar-refractivity contribution in [1.29, 1.82) is 0 Å². The number of likely N-dealkylation sites (tertiary alicyclic amines) is 1. The molecule has 0 unspecified atom stereocenters. The van der Waals surface area contributed by atoms with Gasteiger partial charge in [-0.25, -0.2) is 4.79 Å². The molecule has 1 heterocycles. The molecule has 0 aromatic heterocycles. The molecule has 3 aromatic rings. The maximum absolute atomic E-state index is 12.8. The van der Waals surface area contributed by atoms with Crippen molar-refractivity contribution in [3.05, 3.63) is 86.3 Å². The van der Waals surface area contributed by atoms with E-state index in [0.717, 1.165) is 22.9 Å². The fourth-order valence-corrected chi connectivity index (χ4v) is 5.00. The SMILES string of the molecule is NC(=O)c1cc(NC(=O)N2CCC(COc3cc(Cl)cc(Cl)c3)CC2)ccc1OCc1cccc(Br)c1. The van der Waals surface area contributed by atoms with Crippen LogP contribution in [-0.2, 0) is 6.61 Å². The molecule has 1 saturated heterocycles. The van der Waals surface area contributed by atoms with Crippen molar-refractivity contribution in [1.82, 2.24) is 4.90 Å². The quantitative estimate of drug-likeness (QED) is 0.296. The highest BCUT2D eigenvalue weighted by Crippen LogP contribution is 2.27. The standard InChI is InChI=1S/C27H26BrCl2N3O4/c28-19-3-1-2-18(10-19)16-37-25-5-4-22(14-24(25)26(31)34)32-27(35)33-8-6-17(7-9-33)15-36-23-12-20(29)11-21(30)13-23/h1-5,10-14,17H,6-9,15-16H2,(H2,31,34)(H,32,35). The number of rotatable bonds is 8. The Balaban J connectivity index is 1.29. The van der Waals surface area contributed by atoms with E-state index in [1.807, 2.05) is 24.3 Å². The van der Waals surface area contributed by atoms with Crippen molar-refractivity contribution >= 4 is 56.8 Å². The highest BCUT2D eigenvalue weighted by atomic mass is 79.9. The van der Waals surface area contributed by atoms with Crippen LogP contribution in [-0.4, -0.2) is 36.5 Å². The average molecular weight is 607 g/mol. The molecule has 1 aliphatic rings. The van der Waals surface area contributed by atoms with Gasteiger partial charge in [0, 0.05) is 33.3 Å². The summed E-state index contributed by atoms with van der Waals surface area (Å²) >= 11 is 15.5. The first-order valence-electron chi connectivity index (χ1n) is 11.7. The number of nitrogens with one attached hydrogen (secondary N) is 1. The number of nitrogens with two attached hydrogens (primary N) is 1. The number of primary amides is 1. The minimum Gasteiger partial charge on any atom is -0.493 e. The number of carbonyl (C=O) groups is 2. The molecule has 4 rings (SSSR count). The lowest BCUT2D eigenvalue weighted by Gasteiger charge is -2.32. The van der Waals surface area contributed by atoms with Gasteiger partial charge in [-0.1, -0.05) is 51.3 Å². The number of halogens is 3. The first-order chi connectivity index (χ1) is 17.8. The summed E-state index contributed by atoms with van der Waals surface area (Å²) in [6.07, 6.45) is 1.60. The monoisotopic (exact) mass is 605 g/mol. The van der Waals surface area contributed by atoms with Crippen LogP contribution in [0.1, 0.15) is 28.8 Å². The van der Waals surface area contributed by atoms with E-state index in [2.05, 4.69) is 21.2 Å². The fraction of sp³-hybridized carbons (Fsp3) is 0.259. The van der Waals surface area contributed by atoms with E-state index < -0.39 is 5.91 Å². The second kappa shape index (κ2) is 12.5. The molecule has 0 atom stereocenters. The van der Waals surface area contributed by atoms with E-state index >= 15 is 0 Å². The van der Waals surface area contributed by atoms with E-state index in [4.69, 9.17) is 38.4 Å². The number of nitrogens with zero attached hydrogens (tertiary/aromatic N) is 1. The van der Waals surface area contributed by atoms with Crippen LogP contribution >= 0.6 is 39.1 Å². The Bertz CT molecular complexity index is 1260. The minimum absolute atomic E-state index is 0.199. The molecule has 1 aliphatic heterocycles. The number of urea groups is 1. The summed E-state index contributed by atoms with van der Waals surface area (Å²) in [6, 6.07) is 17.4. The van der Waals surface area contributed by atoms with Gasteiger partial charge < -0.3 is 25.4 Å². The molecule has 7 nitrogen and oxygen atoms in total. The van der Waals surface area contributed by atoms with Crippen LogP contribution in [0, 0.1) is 5.92 Å². The fourth-order valence-electron chi connectivity index (χ4n) is 4.05. The van der Waals surface area contributed by atoms with Gasteiger partial charge in [0.05, 0.1) is 12.2 Å². The number of amides is 3. The molecule has 194 valence electrons. The van der Waals surface area contributed by atoms with Crippen LogP contribution in [0.15, 0.2) is 65.1 Å². The van der Waals surface area contributed by atoms with Crippen molar-refractivity contribution in [2.24, 2.45) is 11.7 Å². The second-order valence-corrected chi connectivity index (χ2v) is 10.6. The Morgan fingerprint density at radius 2 is 1.73 bits per heavy atom. The van der Waals surface area contributed by atoms with Crippen LogP contribution in [0.5, 0.6) is 11.5 Å². The van der Waals surface area contributed by atoms with Gasteiger partial charge in [0.25, 0.3) is 5.91 Å². The van der Waals surface area contributed by atoms with E-state index in [1.54, 1.807) is 35.2 Å². The number of carbonyl (C=O) groups excluding carboxylic acids is 2. The van der Waals surface area contributed by atoms with Crippen molar-refractivity contribution in [3.8, 4) is 11.5 Å². The van der Waals surface area contributed by atoms with Gasteiger partial charge in [-0.3, -0.25) is 4.79 Å². The molecular formula is C27H26BrCl2N3O4. The van der Waals surface area contributed by atoms with E-state index in [0.29, 0.717) is 52.8 Å². The van der Waals surface area contributed by atoms with E-state index in [-0.39, 0.29) is 18.2 Å². The number of piperidine rings is 1. The zero-order valence-corrected chi connectivity index (χ0v) is 23.0. The molecular weight excluding hydrogens is 581 g/mol. The zero-order chi connectivity index (χ0) is 26.4. The molecule has 3 amide bonds. The highest BCUT2D eigenvalue weighted by Gasteiger charge is 2.24. The Kier molecular flexibility index (Phi) is 9.18. The van der Waals surface area contributed by atoms with Crippen LogP contribution in [0.3, 0.4) is 0 Å². The second-order valence-electron chi connectivity index (χ2n) is 8.77. The third-order valence-electron chi connectivity index (χ3n) is 6.00. The maximum atomic E-state index is 12.8. The predicted octanol–water partition coefficient (Wildman–Crippen LogP) is 6.76. The summed E-state index contributed by atoms with van der Waals surface area (Å²) in [5.74, 6) is 0.659. The lowest BCUT2D eigenvalue weighted by atomic mass is 9.98. The Labute approximate surface area is 233 Å². The normalized spacial score (nSPS) is 13.8. The van der Waals surface area contributed by atoms with Gasteiger partial charge in [-0.15, -0.1) is 0 Å². The summed E-state index contributed by atoms with van der Waals surface area (Å²) in [4.78, 5) is 26.6. The van der Waals surface area contributed by atoms with Crippen LogP contribution < -0.4 is 20.5 Å². The Morgan fingerprint density at radius 3 is 2.41 bits per heavy atom. The third-order valence-corrected chi connectivity index (χ3v) is 6.93. The van der Waals surface area contributed by atoms with Crippen molar-refractivity contribution in [2.75, 3.05) is 25.0 Å². The van der Waals surface area contributed by atoms with Crippen molar-refractivity contribution in [2.45, 2.75) is 19.4 Å². The summed E-state index contributed by atoms with van der Waals surface area (Å²) in [7, 11) is 0. The van der Waals surface area contributed by atoms with Gasteiger partial charge in [-0.2, -0.15) is 0 Å². The maximum Gasteiger partial charge on any atom is 0.321 e. The highest BCUT2D eigenvalue weighted by molar-refractivity contribution is 9.10. The summed E-state index contributed by atoms with van der Waals surface area (Å²) in [5.41, 5.74) is 7.18. The molecule has 0 bridgehead atoms. The first-order valence-corrected chi connectivity index (χ1v) is 13.3. The molecule has 0 aliphatic carbocycles. The largest absolute Gasteiger partial charge is 0.493 e. The first kappa shape index (κ1) is 27.1. The third kappa shape index (κ3) is 7.77. The summed E-state index contributed by atoms with van der Waals surface area (Å²) in [6.45, 7) is 1.98. The number of anilines is 1. The molecule has 0 saturated carbocycles. The minimum atomic E-state index is -0.637. The van der Waals surface area contributed by atoms with Gasteiger partial charge in [0.15, 0.2) is 0 Å². The summed E-state index contributed by atoms with van der Waals surface area (Å²) < 4.78 is 12.6. The number of ether oxygens (including phenoxy) is 2. The van der Waals surface area contributed by atoms with Gasteiger partial charge in [0.1, 0.15) is 18.1 Å². The smallest absolute Gasteiger partial charge is 0.321 e. The Morgan fingerprint density at radius 1 is 1.00 bits per heavy atom. The predicted molar refractivity (Wildman–Crippen MR) is 149 cm³/mol. The van der Waals surface area contributed by atoms with Crippen molar-refractivity contribution in [3.63, 3.8) is 0 Å². The van der Waals surface area contributed by atoms with Gasteiger partial charge >= 0.3 is 6.03 Å². The van der Waals surface area contributed by atoms with Crippen LogP contribution in [0.25, 0.3) is 0 Å². The van der Waals surface area contributed by atoms with Crippen LogP contribution in [0.4, 0.5) is 10.5 Å². The molecule has 10 heteroatoms. The lowest BCUT2D eigenvalue weighted by molar-refractivity contribution is 0.0996. The molecule has 1 fully saturated rings. The number of hydrogen-bond donors (Lipinski definition) is 2. The summed E-state index contributed by atoms with van der Waals surface area (Å²) in [5, 5.41) is 3.91. The topological polar surface area (TPSA) is 93.9 Å². The molecule has 37 heavy (non-hydrogen) atoms.